The molecular weight excluding hydrogens is 220 g/mol. The van der Waals surface area contributed by atoms with Crippen LogP contribution in [0.15, 0.2) is 0 Å². The smallest absolute Gasteiger partial charge is 0.00480 e. The molecule has 2 rings (SSSR count). The molecule has 2 aliphatic heterocycles. The van der Waals surface area contributed by atoms with Crippen molar-refractivity contribution in [2.45, 2.75) is 45.4 Å². The lowest BCUT2D eigenvalue weighted by Gasteiger charge is -2.33. The standard InChI is InChI=1S/C13H26N2.ClH/c1-13(7-8-14-11-13)12-15-9-5-3-2-4-6-10-15;/h14H,2-12H2,1H3;1H. The van der Waals surface area contributed by atoms with E-state index in [2.05, 4.69) is 17.1 Å². The van der Waals surface area contributed by atoms with Crippen LogP contribution in [0.5, 0.6) is 0 Å². The molecule has 0 aromatic carbocycles. The average Bonchev–Trinajstić information content (AvgIpc) is 2.57. The molecule has 2 fully saturated rings. The zero-order valence-electron chi connectivity index (χ0n) is 10.6. The maximum atomic E-state index is 3.50. The molecule has 3 heteroatoms. The van der Waals surface area contributed by atoms with Gasteiger partial charge in [0.2, 0.25) is 0 Å². The molecule has 2 saturated heterocycles. The molecule has 0 saturated carbocycles. The Morgan fingerprint density at radius 1 is 1.06 bits per heavy atom. The largest absolute Gasteiger partial charge is 0.316 e. The minimum atomic E-state index is 0. The van der Waals surface area contributed by atoms with E-state index in [1.165, 1.54) is 71.2 Å². The van der Waals surface area contributed by atoms with Gasteiger partial charge in [0.25, 0.3) is 0 Å². The lowest BCUT2D eigenvalue weighted by atomic mass is 9.89. The van der Waals surface area contributed by atoms with Crippen molar-refractivity contribution in [1.82, 2.24) is 10.2 Å². The Morgan fingerprint density at radius 3 is 2.25 bits per heavy atom. The van der Waals surface area contributed by atoms with Crippen LogP contribution in [0.4, 0.5) is 0 Å². The minimum absolute atomic E-state index is 0. The van der Waals surface area contributed by atoms with Crippen molar-refractivity contribution in [3.63, 3.8) is 0 Å². The van der Waals surface area contributed by atoms with E-state index in [0.29, 0.717) is 5.41 Å². The highest BCUT2D eigenvalue weighted by molar-refractivity contribution is 5.85. The summed E-state index contributed by atoms with van der Waals surface area (Å²) >= 11 is 0. The van der Waals surface area contributed by atoms with E-state index in [4.69, 9.17) is 0 Å². The van der Waals surface area contributed by atoms with Gasteiger partial charge in [-0.1, -0.05) is 26.2 Å². The molecule has 1 atom stereocenters. The molecule has 2 nitrogen and oxygen atoms in total. The third-order valence-corrected chi connectivity index (χ3v) is 4.01. The third kappa shape index (κ3) is 4.23. The van der Waals surface area contributed by atoms with Gasteiger partial charge < -0.3 is 10.2 Å². The topological polar surface area (TPSA) is 15.3 Å². The van der Waals surface area contributed by atoms with Gasteiger partial charge in [0, 0.05) is 13.1 Å². The number of hydrogen-bond acceptors (Lipinski definition) is 2. The van der Waals surface area contributed by atoms with E-state index in [9.17, 15) is 0 Å². The van der Waals surface area contributed by atoms with Crippen LogP contribution in [0.3, 0.4) is 0 Å². The zero-order chi connectivity index (χ0) is 10.6. The Balaban J connectivity index is 0.00000128. The first kappa shape index (κ1) is 14.3. The molecule has 0 aromatic rings. The quantitative estimate of drug-likeness (QED) is 0.806. The van der Waals surface area contributed by atoms with Gasteiger partial charge in [0.1, 0.15) is 0 Å². The molecule has 16 heavy (non-hydrogen) atoms. The zero-order valence-corrected chi connectivity index (χ0v) is 11.5. The van der Waals surface area contributed by atoms with E-state index < -0.39 is 0 Å². The maximum absolute atomic E-state index is 3.50. The monoisotopic (exact) mass is 246 g/mol. The first-order valence-corrected chi connectivity index (χ1v) is 6.72. The maximum Gasteiger partial charge on any atom is 0.00480 e. The Labute approximate surface area is 107 Å². The summed E-state index contributed by atoms with van der Waals surface area (Å²) in [5, 5.41) is 3.50. The van der Waals surface area contributed by atoms with Crippen molar-refractivity contribution in [2.75, 3.05) is 32.7 Å². The van der Waals surface area contributed by atoms with Gasteiger partial charge in [-0.2, -0.15) is 0 Å². The molecule has 2 aliphatic rings. The van der Waals surface area contributed by atoms with Gasteiger partial charge in [0.15, 0.2) is 0 Å². The summed E-state index contributed by atoms with van der Waals surface area (Å²) in [6.07, 6.45) is 8.57. The molecule has 0 amide bonds. The molecule has 0 aromatic heterocycles. The van der Waals surface area contributed by atoms with Gasteiger partial charge in [-0.3, -0.25) is 0 Å². The summed E-state index contributed by atoms with van der Waals surface area (Å²) in [7, 11) is 0. The second-order valence-electron chi connectivity index (χ2n) is 5.78. The molecule has 1 N–H and O–H groups in total. The van der Waals surface area contributed by atoms with E-state index in [-0.39, 0.29) is 12.4 Å². The van der Waals surface area contributed by atoms with E-state index in [1.54, 1.807) is 0 Å². The predicted octanol–water partition coefficient (Wildman–Crippen LogP) is 2.67. The molecule has 0 spiro atoms. The van der Waals surface area contributed by atoms with Crippen molar-refractivity contribution >= 4 is 12.4 Å². The molecule has 0 radical (unpaired) electrons. The first-order chi connectivity index (χ1) is 7.29. The molecule has 0 bridgehead atoms. The number of nitrogens with one attached hydrogen (secondary N) is 1. The number of nitrogens with zero attached hydrogens (tertiary/aromatic N) is 1. The van der Waals surface area contributed by atoms with Crippen LogP contribution >= 0.6 is 12.4 Å². The van der Waals surface area contributed by atoms with Gasteiger partial charge in [-0.25, -0.2) is 0 Å². The summed E-state index contributed by atoms with van der Waals surface area (Å²) in [4.78, 5) is 2.71. The second-order valence-corrected chi connectivity index (χ2v) is 5.78. The van der Waals surface area contributed by atoms with Crippen LogP contribution in [-0.2, 0) is 0 Å². The Morgan fingerprint density at radius 2 is 1.69 bits per heavy atom. The van der Waals surface area contributed by atoms with Crippen LogP contribution in [0.25, 0.3) is 0 Å². The van der Waals surface area contributed by atoms with Gasteiger partial charge in [0.05, 0.1) is 0 Å². The van der Waals surface area contributed by atoms with Gasteiger partial charge in [-0.15, -0.1) is 12.4 Å². The minimum Gasteiger partial charge on any atom is -0.316 e. The third-order valence-electron chi connectivity index (χ3n) is 4.01. The van der Waals surface area contributed by atoms with Crippen LogP contribution in [0.1, 0.15) is 45.4 Å². The van der Waals surface area contributed by atoms with E-state index in [0.717, 1.165) is 0 Å². The van der Waals surface area contributed by atoms with Crippen molar-refractivity contribution in [3.05, 3.63) is 0 Å². The fraction of sp³-hybridized carbons (Fsp3) is 1.00. The lowest BCUT2D eigenvalue weighted by molar-refractivity contribution is 0.165. The first-order valence-electron chi connectivity index (χ1n) is 6.72. The van der Waals surface area contributed by atoms with Crippen LogP contribution in [-0.4, -0.2) is 37.6 Å². The summed E-state index contributed by atoms with van der Waals surface area (Å²) < 4.78 is 0. The lowest BCUT2D eigenvalue weighted by Crippen LogP contribution is -2.39. The van der Waals surface area contributed by atoms with Gasteiger partial charge in [-0.05, 0) is 44.3 Å². The normalized spacial score (nSPS) is 32.8. The average molecular weight is 247 g/mol. The van der Waals surface area contributed by atoms with Crippen LogP contribution in [0, 0.1) is 5.41 Å². The SMILES string of the molecule is CC1(CN2CCCCCCC2)CCNC1.Cl. The fourth-order valence-electron chi connectivity index (χ4n) is 3.01. The van der Waals surface area contributed by atoms with Crippen LogP contribution in [0.2, 0.25) is 0 Å². The van der Waals surface area contributed by atoms with Crippen molar-refractivity contribution in [1.29, 1.82) is 0 Å². The van der Waals surface area contributed by atoms with E-state index >= 15 is 0 Å². The Kier molecular flexibility index (Phi) is 6.09. The number of hydrogen-bond donors (Lipinski definition) is 1. The van der Waals surface area contributed by atoms with Crippen molar-refractivity contribution in [3.8, 4) is 0 Å². The fourth-order valence-corrected chi connectivity index (χ4v) is 3.01. The Hall–Kier alpha value is 0.210. The molecular formula is C13H27ClN2. The van der Waals surface area contributed by atoms with Crippen molar-refractivity contribution < 1.29 is 0 Å². The van der Waals surface area contributed by atoms with Crippen LogP contribution < -0.4 is 5.32 Å². The summed E-state index contributed by atoms with van der Waals surface area (Å²) in [5.74, 6) is 0. The molecule has 96 valence electrons. The number of rotatable bonds is 2. The second kappa shape index (κ2) is 6.83. The van der Waals surface area contributed by atoms with Gasteiger partial charge >= 0.3 is 0 Å². The molecule has 1 unspecified atom stereocenters. The van der Waals surface area contributed by atoms with Crippen molar-refractivity contribution in [2.24, 2.45) is 5.41 Å². The summed E-state index contributed by atoms with van der Waals surface area (Å²) in [6, 6.07) is 0. The summed E-state index contributed by atoms with van der Waals surface area (Å²) in [5.41, 5.74) is 0.555. The number of likely N-dealkylation sites (tertiary alicyclic amines) is 1. The number of halogens is 1. The highest BCUT2D eigenvalue weighted by Crippen LogP contribution is 2.26. The van der Waals surface area contributed by atoms with E-state index in [1.807, 2.05) is 0 Å². The highest BCUT2D eigenvalue weighted by Gasteiger charge is 2.30. The molecule has 0 aliphatic carbocycles. The Bertz CT molecular complexity index is 182. The highest BCUT2D eigenvalue weighted by atomic mass is 35.5. The summed E-state index contributed by atoms with van der Waals surface area (Å²) in [6.45, 7) is 8.91. The molecule has 2 heterocycles. The predicted molar refractivity (Wildman–Crippen MR) is 72.4 cm³/mol.